The highest BCUT2D eigenvalue weighted by Gasteiger charge is 2.49. The number of hydrogen-bond donors (Lipinski definition) is 2. The molecule has 0 spiro atoms. The molecule has 46 heavy (non-hydrogen) atoms. The molecule has 16 heteroatoms. The number of nitrogen functional groups attached to an aromatic ring is 1. The van der Waals surface area contributed by atoms with Crippen LogP contribution < -0.4 is 15.4 Å². The third-order valence-corrected chi connectivity index (χ3v) is 9.69. The number of aryl methyl sites for hydroxylation is 2. The minimum Gasteiger partial charge on any atom is -0.461 e. The molecule has 6 heterocycles. The third-order valence-electron chi connectivity index (χ3n) is 9.39. The lowest BCUT2D eigenvalue weighted by Crippen LogP contribution is -2.44. The molecule has 0 aliphatic carbocycles. The minimum absolute atomic E-state index is 0.0135. The van der Waals surface area contributed by atoms with Crippen molar-refractivity contribution in [3.05, 3.63) is 22.7 Å². The Labute approximate surface area is 266 Å². The maximum Gasteiger partial charge on any atom is 0.418 e. The van der Waals surface area contributed by atoms with Crippen LogP contribution in [0.4, 0.5) is 29.1 Å². The van der Waals surface area contributed by atoms with Gasteiger partial charge in [0, 0.05) is 44.9 Å². The van der Waals surface area contributed by atoms with Gasteiger partial charge in [-0.2, -0.15) is 28.2 Å². The highest BCUT2D eigenvalue weighted by Crippen LogP contribution is 2.46. The predicted molar refractivity (Wildman–Crippen MR) is 165 cm³/mol. The van der Waals surface area contributed by atoms with Gasteiger partial charge in [0.2, 0.25) is 0 Å². The molecule has 3 fully saturated rings. The molecular formula is C30H35ClF4N8O3. The van der Waals surface area contributed by atoms with Crippen molar-refractivity contribution in [1.82, 2.24) is 29.2 Å². The maximum atomic E-state index is 14.5. The van der Waals surface area contributed by atoms with E-state index in [1.807, 2.05) is 4.90 Å². The molecule has 3 N–H and O–H groups in total. The number of nitrogens with zero attached hydrogens (tertiary/aromatic N) is 7. The van der Waals surface area contributed by atoms with E-state index >= 15 is 0 Å². The zero-order valence-corrected chi connectivity index (χ0v) is 26.4. The molecule has 3 aromatic heterocycles. The van der Waals surface area contributed by atoms with Crippen molar-refractivity contribution in [2.24, 2.45) is 14.1 Å². The Morgan fingerprint density at radius 2 is 1.98 bits per heavy atom. The van der Waals surface area contributed by atoms with Crippen LogP contribution in [0.25, 0.3) is 33.3 Å². The Hall–Kier alpha value is -3.40. The van der Waals surface area contributed by atoms with Gasteiger partial charge in [0.25, 0.3) is 0 Å². The second-order valence-electron chi connectivity index (χ2n) is 13.0. The number of anilines is 2. The Bertz CT molecular complexity index is 1840. The fourth-order valence-electron chi connectivity index (χ4n) is 7.50. The fourth-order valence-corrected chi connectivity index (χ4v) is 7.83. The fraction of sp³-hybridized carbons (Fsp3) is 0.567. The van der Waals surface area contributed by atoms with Crippen LogP contribution in [-0.4, -0.2) is 97.6 Å². The first-order chi connectivity index (χ1) is 21.7. The van der Waals surface area contributed by atoms with Gasteiger partial charge in [0.15, 0.2) is 5.65 Å². The van der Waals surface area contributed by atoms with Crippen molar-refractivity contribution in [2.45, 2.75) is 49.7 Å². The van der Waals surface area contributed by atoms with E-state index in [2.05, 4.69) is 10.00 Å². The number of nitrogens with two attached hydrogens (primary N) is 1. The van der Waals surface area contributed by atoms with Gasteiger partial charge in [0.05, 0.1) is 52.3 Å². The first-order valence-corrected chi connectivity index (χ1v) is 15.5. The monoisotopic (exact) mass is 666 g/mol. The number of fused-ring (bicyclic) bond motifs is 4. The second-order valence-corrected chi connectivity index (χ2v) is 13.4. The van der Waals surface area contributed by atoms with Crippen LogP contribution in [0.2, 0.25) is 5.02 Å². The lowest BCUT2D eigenvalue weighted by molar-refractivity contribution is -0.137. The Kier molecular flexibility index (Phi) is 7.34. The van der Waals surface area contributed by atoms with Gasteiger partial charge in [-0.3, -0.25) is 9.58 Å². The van der Waals surface area contributed by atoms with E-state index in [1.165, 1.54) is 10.7 Å². The highest BCUT2D eigenvalue weighted by molar-refractivity contribution is 6.32. The number of aromatic nitrogens is 5. The molecule has 1 aromatic carbocycles. The number of rotatable bonds is 5. The van der Waals surface area contributed by atoms with Gasteiger partial charge < -0.3 is 29.8 Å². The Morgan fingerprint density at radius 1 is 1.20 bits per heavy atom. The van der Waals surface area contributed by atoms with Gasteiger partial charge in [0.1, 0.15) is 29.9 Å². The molecule has 0 saturated carbocycles. The Morgan fingerprint density at radius 3 is 2.74 bits per heavy atom. The number of halogens is 5. The number of aliphatic hydroxyl groups is 1. The summed E-state index contributed by atoms with van der Waals surface area (Å²) in [6, 6.07) is 2.32. The summed E-state index contributed by atoms with van der Waals surface area (Å²) >= 11 is 6.12. The van der Waals surface area contributed by atoms with Crippen molar-refractivity contribution in [3.63, 3.8) is 0 Å². The Balaban J connectivity index is 1.44. The van der Waals surface area contributed by atoms with Gasteiger partial charge in [-0.15, -0.1) is 0 Å². The minimum atomic E-state index is -4.79. The summed E-state index contributed by atoms with van der Waals surface area (Å²) in [7, 11) is 3.31. The largest absolute Gasteiger partial charge is 0.461 e. The van der Waals surface area contributed by atoms with Crippen molar-refractivity contribution in [1.29, 1.82) is 0 Å². The number of ether oxygens (including phenoxy) is 2. The standard InChI is InChI=1S/C30H35ClF4N8O3/c1-28(44)13-42(7-8-45-14-28)26-20-23-24(22(39-41(23)3)18-9-17(36)10-19(31)21(18)30(33,34)35)40(2)25(20)37-27(38-26)46-15-29-5-4-6-43(29)12-16(32)11-29/h9-10,16,44H,4-8,11-15,36H2,1-3H3/t16-,28+,29+/m1/s1. The molecule has 0 bridgehead atoms. The second kappa shape index (κ2) is 10.8. The number of hydrogen-bond acceptors (Lipinski definition) is 9. The normalized spacial score (nSPS) is 25.9. The zero-order chi connectivity index (χ0) is 32.8. The average Bonchev–Trinajstić information content (AvgIpc) is 3.63. The molecule has 4 aromatic rings. The van der Waals surface area contributed by atoms with Gasteiger partial charge in [-0.05, 0) is 38.4 Å². The molecule has 0 amide bonds. The van der Waals surface area contributed by atoms with Gasteiger partial charge in [-0.1, -0.05) is 11.6 Å². The smallest absolute Gasteiger partial charge is 0.418 e. The number of alkyl halides is 4. The molecule has 3 atom stereocenters. The van der Waals surface area contributed by atoms with Crippen LogP contribution in [0, 0.1) is 0 Å². The topological polar surface area (TPSA) is 120 Å². The lowest BCUT2D eigenvalue weighted by atomic mass is 9.95. The SMILES string of the molecule is Cn1nc(-c2cc(N)cc(Cl)c2C(F)(F)F)c2c1c1c(N3CCOC[C@@](C)(O)C3)nc(OC[C@@]34CCCN3C[C@H](F)C4)nc1n2C. The molecule has 0 radical (unpaired) electrons. The van der Waals surface area contributed by atoms with Crippen LogP contribution >= 0.6 is 11.6 Å². The molecule has 248 valence electrons. The van der Waals surface area contributed by atoms with Crippen LogP contribution in [0.1, 0.15) is 31.7 Å². The summed E-state index contributed by atoms with van der Waals surface area (Å²) in [5, 5.41) is 15.6. The molecule has 7 rings (SSSR count). The first-order valence-electron chi connectivity index (χ1n) is 15.1. The van der Waals surface area contributed by atoms with E-state index in [9.17, 15) is 22.7 Å². The zero-order valence-electron chi connectivity index (χ0n) is 25.7. The average molecular weight is 667 g/mol. The summed E-state index contributed by atoms with van der Waals surface area (Å²) in [5.74, 6) is 0.406. The number of benzene rings is 1. The van der Waals surface area contributed by atoms with Crippen LogP contribution in [0.3, 0.4) is 0 Å². The van der Waals surface area contributed by atoms with E-state index in [1.54, 1.807) is 25.6 Å². The molecule has 3 aliphatic rings. The third kappa shape index (κ3) is 5.11. The van der Waals surface area contributed by atoms with Crippen molar-refractivity contribution >= 4 is 45.2 Å². The molecule has 11 nitrogen and oxygen atoms in total. The summed E-state index contributed by atoms with van der Waals surface area (Å²) < 4.78 is 72.6. The first kappa shape index (κ1) is 31.2. The summed E-state index contributed by atoms with van der Waals surface area (Å²) in [4.78, 5) is 13.6. The van der Waals surface area contributed by atoms with Gasteiger partial charge >= 0.3 is 12.2 Å². The maximum absolute atomic E-state index is 14.5. The van der Waals surface area contributed by atoms with Gasteiger partial charge in [-0.25, -0.2) is 4.39 Å². The summed E-state index contributed by atoms with van der Waals surface area (Å²) in [5.41, 5.74) is 4.27. The van der Waals surface area contributed by atoms with Crippen LogP contribution in [0.15, 0.2) is 12.1 Å². The lowest BCUT2D eigenvalue weighted by Gasteiger charge is -2.31. The van der Waals surface area contributed by atoms with E-state index in [0.29, 0.717) is 54.0 Å². The molecule has 3 aliphatic heterocycles. The van der Waals surface area contributed by atoms with Crippen LogP contribution in [0.5, 0.6) is 6.01 Å². The van der Waals surface area contributed by atoms with E-state index < -0.39 is 34.1 Å². The summed E-state index contributed by atoms with van der Waals surface area (Å²) in [6.07, 6.45) is -3.63. The predicted octanol–water partition coefficient (Wildman–Crippen LogP) is 4.32. The molecule has 3 saturated heterocycles. The van der Waals surface area contributed by atoms with Crippen LogP contribution in [-0.2, 0) is 25.0 Å². The van der Waals surface area contributed by atoms with Crippen molar-refractivity contribution < 1.29 is 32.1 Å². The quantitative estimate of drug-likeness (QED) is 0.237. The van der Waals surface area contributed by atoms with Crippen molar-refractivity contribution in [3.8, 4) is 17.3 Å². The van der Waals surface area contributed by atoms with Crippen molar-refractivity contribution in [2.75, 3.05) is 56.6 Å². The number of β-amino-alcohol motifs (C(OH)–C–C–N with tert-alkyl or cyclic N) is 1. The molecule has 0 unspecified atom stereocenters. The van der Waals surface area contributed by atoms with E-state index in [-0.39, 0.29) is 42.7 Å². The van der Waals surface area contributed by atoms with E-state index in [4.69, 9.17) is 36.8 Å². The highest BCUT2D eigenvalue weighted by atomic mass is 35.5. The van der Waals surface area contributed by atoms with E-state index in [0.717, 1.165) is 25.5 Å². The summed E-state index contributed by atoms with van der Waals surface area (Å²) in [6.45, 7) is 3.95. The molecular weight excluding hydrogens is 632 g/mol.